The number of esters is 3. The molecule has 81 heavy (non-hydrogen) atoms. The third-order valence-corrected chi connectivity index (χ3v) is 14.5. The second-order valence-corrected chi connectivity index (χ2v) is 22.3. The van der Waals surface area contributed by atoms with E-state index in [9.17, 15) is 14.4 Å². The molecule has 0 aliphatic heterocycles. The molecule has 0 fully saturated rings. The van der Waals surface area contributed by atoms with Crippen LogP contribution in [0.3, 0.4) is 0 Å². The van der Waals surface area contributed by atoms with Crippen molar-refractivity contribution in [3.8, 4) is 0 Å². The van der Waals surface area contributed by atoms with E-state index in [1.54, 1.807) is 0 Å². The van der Waals surface area contributed by atoms with E-state index in [-0.39, 0.29) is 31.1 Å². The minimum Gasteiger partial charge on any atom is -0.462 e. The predicted octanol–water partition coefficient (Wildman–Crippen LogP) is 23.6. The molecule has 0 rings (SSSR count). The standard InChI is InChI=1S/C75H126O6/c1-4-7-10-13-16-19-22-25-28-30-32-34-35-36-37-38-39-41-42-44-47-50-53-56-59-62-65-68-74(77)80-71-72(70-79-73(76)67-64-61-58-55-52-49-46-27-24-21-18-15-12-9-6-3)81-75(78)69-66-63-60-57-54-51-48-45-43-40-33-31-29-26-23-20-17-14-11-8-5-2/h7,9-10,12,16,18-19,21,25,27-28,32,34,36-37,39,41,44,46-47,72H,4-6,8,11,13-15,17,20,22-24,26,29-31,33,35,38,40,42-43,45,48-71H2,1-3H3/b10-7-,12-9-,19-16-,21-18-,28-25-,34-32-,37-36-,41-39-,46-27-,47-44-. The fraction of sp³-hybridized carbons (Fsp3) is 0.693. The van der Waals surface area contributed by atoms with Crippen LogP contribution in [0.1, 0.15) is 316 Å². The molecule has 0 bridgehead atoms. The Morgan fingerprint density at radius 3 is 0.753 bits per heavy atom. The molecule has 1 unspecified atom stereocenters. The molecular weight excluding hydrogens is 997 g/mol. The monoisotopic (exact) mass is 1120 g/mol. The summed E-state index contributed by atoms with van der Waals surface area (Å²) in [6.45, 7) is 6.42. The molecule has 0 N–H and O–H groups in total. The van der Waals surface area contributed by atoms with Crippen LogP contribution in [0.15, 0.2) is 122 Å². The number of allylic oxidation sites excluding steroid dienone is 20. The highest BCUT2D eigenvalue weighted by Crippen LogP contribution is 2.17. The van der Waals surface area contributed by atoms with Crippen molar-refractivity contribution < 1.29 is 28.6 Å². The first-order valence-electron chi connectivity index (χ1n) is 34.0. The largest absolute Gasteiger partial charge is 0.462 e. The van der Waals surface area contributed by atoms with Crippen molar-refractivity contribution >= 4 is 17.9 Å². The van der Waals surface area contributed by atoms with Gasteiger partial charge in [0.1, 0.15) is 13.2 Å². The Kier molecular flexibility index (Phi) is 64.8. The number of hydrogen-bond donors (Lipinski definition) is 0. The minimum absolute atomic E-state index is 0.0933. The van der Waals surface area contributed by atoms with E-state index < -0.39 is 6.10 Å². The third kappa shape index (κ3) is 66.5. The molecule has 0 radical (unpaired) electrons. The van der Waals surface area contributed by atoms with Crippen molar-refractivity contribution in [2.24, 2.45) is 0 Å². The summed E-state index contributed by atoms with van der Waals surface area (Å²) in [5.41, 5.74) is 0. The van der Waals surface area contributed by atoms with Crippen LogP contribution in [0.5, 0.6) is 0 Å². The van der Waals surface area contributed by atoms with Gasteiger partial charge in [0.2, 0.25) is 0 Å². The van der Waals surface area contributed by atoms with Crippen LogP contribution in [0.4, 0.5) is 0 Å². The van der Waals surface area contributed by atoms with Gasteiger partial charge in [-0.3, -0.25) is 14.4 Å². The topological polar surface area (TPSA) is 78.9 Å². The lowest BCUT2D eigenvalue weighted by atomic mass is 10.0. The zero-order valence-electron chi connectivity index (χ0n) is 53.0. The van der Waals surface area contributed by atoms with E-state index >= 15 is 0 Å². The van der Waals surface area contributed by atoms with Gasteiger partial charge in [-0.25, -0.2) is 0 Å². The highest BCUT2D eigenvalue weighted by atomic mass is 16.6. The van der Waals surface area contributed by atoms with Gasteiger partial charge in [-0.2, -0.15) is 0 Å². The van der Waals surface area contributed by atoms with Crippen LogP contribution in [-0.4, -0.2) is 37.2 Å². The molecule has 0 aromatic heterocycles. The summed E-state index contributed by atoms with van der Waals surface area (Å²) in [5.74, 6) is -0.917. The molecule has 6 nitrogen and oxygen atoms in total. The fourth-order valence-electron chi connectivity index (χ4n) is 9.44. The fourth-order valence-corrected chi connectivity index (χ4v) is 9.44. The van der Waals surface area contributed by atoms with Gasteiger partial charge >= 0.3 is 17.9 Å². The maximum Gasteiger partial charge on any atom is 0.306 e. The Hall–Kier alpha value is -4.19. The number of ether oxygens (including phenoxy) is 3. The average Bonchev–Trinajstić information content (AvgIpc) is 3.47. The van der Waals surface area contributed by atoms with Crippen LogP contribution in [0, 0.1) is 0 Å². The first-order chi connectivity index (χ1) is 40.0. The molecule has 0 saturated carbocycles. The first kappa shape index (κ1) is 76.8. The zero-order valence-corrected chi connectivity index (χ0v) is 53.0. The van der Waals surface area contributed by atoms with Crippen LogP contribution in [0.2, 0.25) is 0 Å². The number of rotatable bonds is 61. The molecule has 0 aliphatic rings. The normalized spacial score (nSPS) is 12.9. The van der Waals surface area contributed by atoms with Crippen molar-refractivity contribution in [3.63, 3.8) is 0 Å². The maximum atomic E-state index is 12.9. The first-order valence-corrected chi connectivity index (χ1v) is 34.0. The van der Waals surface area contributed by atoms with Crippen molar-refractivity contribution in [2.75, 3.05) is 13.2 Å². The molecule has 462 valence electrons. The third-order valence-electron chi connectivity index (χ3n) is 14.5. The zero-order chi connectivity index (χ0) is 58.5. The second-order valence-electron chi connectivity index (χ2n) is 22.3. The number of carbonyl (C=O) groups is 3. The van der Waals surface area contributed by atoms with E-state index in [4.69, 9.17) is 14.2 Å². The number of carbonyl (C=O) groups excluding carboxylic acids is 3. The molecule has 0 aromatic rings. The summed E-state index contributed by atoms with van der Waals surface area (Å²) in [5, 5.41) is 0. The molecule has 6 heteroatoms. The van der Waals surface area contributed by atoms with E-state index in [1.807, 2.05) is 0 Å². The van der Waals surface area contributed by atoms with Crippen LogP contribution in [-0.2, 0) is 28.6 Å². The van der Waals surface area contributed by atoms with E-state index in [2.05, 4.69) is 142 Å². The van der Waals surface area contributed by atoms with Gasteiger partial charge in [-0.1, -0.05) is 309 Å². The maximum absolute atomic E-state index is 12.9. The summed E-state index contributed by atoms with van der Waals surface area (Å²) in [6, 6.07) is 0. The smallest absolute Gasteiger partial charge is 0.306 e. The Morgan fingerprint density at radius 2 is 0.481 bits per heavy atom. The highest BCUT2D eigenvalue weighted by molar-refractivity contribution is 5.71. The number of hydrogen-bond acceptors (Lipinski definition) is 6. The van der Waals surface area contributed by atoms with Crippen molar-refractivity contribution in [1.82, 2.24) is 0 Å². The minimum atomic E-state index is -0.797. The van der Waals surface area contributed by atoms with Gasteiger partial charge in [0, 0.05) is 19.3 Å². The average molecular weight is 1120 g/mol. The predicted molar refractivity (Wildman–Crippen MR) is 353 cm³/mol. The molecular formula is C75H126O6. The molecule has 1 atom stereocenters. The highest BCUT2D eigenvalue weighted by Gasteiger charge is 2.19. The van der Waals surface area contributed by atoms with E-state index in [1.165, 1.54) is 116 Å². The Labute approximate surface area is 501 Å². The van der Waals surface area contributed by atoms with Crippen LogP contribution < -0.4 is 0 Å². The summed E-state index contributed by atoms with van der Waals surface area (Å²) < 4.78 is 16.9. The lowest BCUT2D eigenvalue weighted by molar-refractivity contribution is -0.167. The molecule has 0 aliphatic carbocycles. The van der Waals surface area contributed by atoms with Gasteiger partial charge < -0.3 is 14.2 Å². The second kappa shape index (κ2) is 68.3. The van der Waals surface area contributed by atoms with Gasteiger partial charge in [0.05, 0.1) is 0 Å². The Bertz CT molecular complexity index is 1670. The lowest BCUT2D eigenvalue weighted by Gasteiger charge is -2.18. The molecule has 0 amide bonds. The van der Waals surface area contributed by atoms with E-state index in [0.29, 0.717) is 19.3 Å². The van der Waals surface area contributed by atoms with Crippen LogP contribution >= 0.6 is 0 Å². The Morgan fingerprint density at radius 1 is 0.259 bits per heavy atom. The van der Waals surface area contributed by atoms with Crippen molar-refractivity contribution in [2.45, 2.75) is 322 Å². The van der Waals surface area contributed by atoms with Crippen LogP contribution in [0.25, 0.3) is 0 Å². The van der Waals surface area contributed by atoms with Gasteiger partial charge in [-0.15, -0.1) is 0 Å². The number of unbranched alkanes of at least 4 members (excludes halogenated alkanes) is 30. The molecule has 0 heterocycles. The quantitative estimate of drug-likeness (QED) is 0.0261. The molecule has 0 spiro atoms. The van der Waals surface area contributed by atoms with Crippen molar-refractivity contribution in [3.05, 3.63) is 122 Å². The van der Waals surface area contributed by atoms with Crippen molar-refractivity contribution in [1.29, 1.82) is 0 Å². The summed E-state index contributed by atoms with van der Waals surface area (Å²) in [7, 11) is 0. The van der Waals surface area contributed by atoms with Gasteiger partial charge in [0.25, 0.3) is 0 Å². The van der Waals surface area contributed by atoms with Gasteiger partial charge in [0.15, 0.2) is 6.10 Å². The summed E-state index contributed by atoms with van der Waals surface area (Å²) in [4.78, 5) is 38.4. The summed E-state index contributed by atoms with van der Waals surface area (Å²) in [6.07, 6.45) is 95.0. The molecule has 0 saturated heterocycles. The summed E-state index contributed by atoms with van der Waals surface area (Å²) >= 11 is 0. The molecule has 0 aromatic carbocycles. The van der Waals surface area contributed by atoms with E-state index in [0.717, 1.165) is 161 Å². The Balaban J connectivity index is 4.40. The SMILES string of the molecule is CC/C=C\C/C=C\C/C=C\C/C=C\C/C=C\C/C=C\C/C=C\CCCCCCCC(=O)OCC(COC(=O)CCCCCCC/C=C\C/C=C\C/C=C\CC)OC(=O)CCCCCCCCCCCCCCCCCCCCCCC. The van der Waals surface area contributed by atoms with Gasteiger partial charge in [-0.05, 0) is 109 Å². The lowest BCUT2D eigenvalue weighted by Crippen LogP contribution is -2.30.